The Balaban J connectivity index is 2.09. The van der Waals surface area contributed by atoms with Crippen LogP contribution >= 0.6 is 11.8 Å². The van der Waals surface area contributed by atoms with E-state index in [1.807, 2.05) is 70.1 Å². The fourth-order valence-electron chi connectivity index (χ4n) is 3.70. The Morgan fingerprint density at radius 2 is 1.80 bits per heavy atom. The average Bonchev–Trinajstić information content (AvgIpc) is 2.90. The predicted molar refractivity (Wildman–Crippen MR) is 138 cm³/mol. The van der Waals surface area contributed by atoms with Crippen molar-refractivity contribution in [2.24, 2.45) is 5.92 Å². The number of anilines is 1. The standard InChI is InChI=1S/C27H34N2O5S/c1-17(2)16-33-27(32)21-11-12-23-22(15-21)29(14-13-28(5)6)26(31)24(34-19(4)30)25(35-23)20-9-7-18(3)8-10-20/h7-12,15,17,24-25H,13-14,16H2,1-6H3/t24-,25+/m1/s1. The largest absolute Gasteiger partial charge is 0.462 e. The lowest BCUT2D eigenvalue weighted by atomic mass is 10.0. The molecule has 0 unspecified atom stereocenters. The van der Waals surface area contributed by atoms with E-state index in [0.29, 0.717) is 30.9 Å². The number of amides is 1. The van der Waals surface area contributed by atoms with Crippen LogP contribution < -0.4 is 4.90 Å². The van der Waals surface area contributed by atoms with Crippen LogP contribution in [-0.4, -0.2) is 62.6 Å². The summed E-state index contributed by atoms with van der Waals surface area (Å²) in [6.45, 7) is 8.55. The Bertz CT molecular complexity index is 1070. The van der Waals surface area contributed by atoms with Gasteiger partial charge in [0.25, 0.3) is 5.91 Å². The van der Waals surface area contributed by atoms with Gasteiger partial charge in [-0.05, 0) is 50.7 Å². The van der Waals surface area contributed by atoms with Crippen LogP contribution in [0.3, 0.4) is 0 Å². The van der Waals surface area contributed by atoms with E-state index < -0.39 is 23.3 Å². The summed E-state index contributed by atoms with van der Waals surface area (Å²) < 4.78 is 11.1. The molecule has 0 aromatic heterocycles. The smallest absolute Gasteiger partial charge is 0.338 e. The zero-order valence-corrected chi connectivity index (χ0v) is 22.1. The maximum absolute atomic E-state index is 13.9. The molecule has 188 valence electrons. The molecule has 0 fully saturated rings. The first-order chi connectivity index (χ1) is 16.6. The Morgan fingerprint density at radius 3 is 2.40 bits per heavy atom. The summed E-state index contributed by atoms with van der Waals surface area (Å²) in [5, 5.41) is -0.436. The van der Waals surface area contributed by atoms with Crippen LogP contribution in [0.2, 0.25) is 0 Å². The van der Waals surface area contributed by atoms with Crippen LogP contribution in [-0.2, 0) is 19.1 Å². The van der Waals surface area contributed by atoms with Gasteiger partial charge in [0.05, 0.1) is 23.1 Å². The fraction of sp³-hybridized carbons (Fsp3) is 0.444. The molecule has 0 N–H and O–H groups in total. The number of likely N-dealkylation sites (N-methyl/N-ethyl adjacent to an activating group) is 1. The normalized spacial score (nSPS) is 17.8. The summed E-state index contributed by atoms with van der Waals surface area (Å²) in [5.74, 6) is -1.04. The molecule has 0 aliphatic carbocycles. The third-order valence-electron chi connectivity index (χ3n) is 5.54. The van der Waals surface area contributed by atoms with Gasteiger partial charge < -0.3 is 19.3 Å². The zero-order valence-electron chi connectivity index (χ0n) is 21.2. The van der Waals surface area contributed by atoms with E-state index >= 15 is 0 Å². The minimum Gasteiger partial charge on any atom is -0.462 e. The van der Waals surface area contributed by atoms with Gasteiger partial charge in [0, 0.05) is 24.9 Å². The Hall–Kier alpha value is -2.84. The van der Waals surface area contributed by atoms with Crippen molar-refractivity contribution in [3.8, 4) is 0 Å². The first-order valence-electron chi connectivity index (χ1n) is 11.7. The lowest BCUT2D eigenvalue weighted by Crippen LogP contribution is -2.45. The van der Waals surface area contributed by atoms with Crippen molar-refractivity contribution in [3.63, 3.8) is 0 Å². The van der Waals surface area contributed by atoms with E-state index in [4.69, 9.17) is 9.47 Å². The van der Waals surface area contributed by atoms with E-state index in [2.05, 4.69) is 0 Å². The maximum atomic E-state index is 13.9. The zero-order chi connectivity index (χ0) is 25.7. The van der Waals surface area contributed by atoms with Crippen molar-refractivity contribution in [2.75, 3.05) is 38.7 Å². The summed E-state index contributed by atoms with van der Waals surface area (Å²) in [4.78, 5) is 43.1. The number of nitrogens with zero attached hydrogens (tertiary/aromatic N) is 2. The number of hydrogen-bond donors (Lipinski definition) is 0. The molecule has 1 aliphatic rings. The van der Waals surface area contributed by atoms with E-state index in [1.54, 1.807) is 17.0 Å². The van der Waals surface area contributed by atoms with Crippen molar-refractivity contribution in [2.45, 2.75) is 43.9 Å². The molecule has 2 aromatic rings. The SMILES string of the molecule is CC(=O)O[C@H]1C(=O)N(CCN(C)C)c2cc(C(=O)OCC(C)C)ccc2S[C@H]1c1ccc(C)cc1. The first-order valence-corrected chi connectivity index (χ1v) is 12.6. The summed E-state index contributed by atoms with van der Waals surface area (Å²) in [7, 11) is 3.85. The molecule has 2 aromatic carbocycles. The Kier molecular flexibility index (Phi) is 8.97. The van der Waals surface area contributed by atoms with Gasteiger partial charge in [-0.3, -0.25) is 9.59 Å². The second kappa shape index (κ2) is 11.7. The molecule has 1 heterocycles. The number of thioether (sulfide) groups is 1. The molecule has 35 heavy (non-hydrogen) atoms. The van der Waals surface area contributed by atoms with E-state index in [9.17, 15) is 14.4 Å². The molecule has 7 nitrogen and oxygen atoms in total. The van der Waals surface area contributed by atoms with Gasteiger partial charge in [-0.1, -0.05) is 43.7 Å². The van der Waals surface area contributed by atoms with Gasteiger partial charge in [-0.15, -0.1) is 11.8 Å². The summed E-state index contributed by atoms with van der Waals surface area (Å²) >= 11 is 1.46. The van der Waals surface area contributed by atoms with Crippen molar-refractivity contribution in [1.29, 1.82) is 0 Å². The highest BCUT2D eigenvalue weighted by Crippen LogP contribution is 2.47. The quantitative estimate of drug-likeness (QED) is 0.497. The van der Waals surface area contributed by atoms with E-state index in [-0.39, 0.29) is 11.8 Å². The highest BCUT2D eigenvalue weighted by atomic mass is 32.2. The van der Waals surface area contributed by atoms with Crippen LogP contribution in [0.5, 0.6) is 0 Å². The van der Waals surface area contributed by atoms with Gasteiger partial charge in [-0.25, -0.2) is 4.79 Å². The predicted octanol–water partition coefficient (Wildman–Crippen LogP) is 4.48. The molecular weight excluding hydrogens is 464 g/mol. The first kappa shape index (κ1) is 26.8. The van der Waals surface area contributed by atoms with Gasteiger partial charge in [0.2, 0.25) is 0 Å². The number of fused-ring (bicyclic) bond motifs is 1. The lowest BCUT2D eigenvalue weighted by molar-refractivity contribution is -0.152. The maximum Gasteiger partial charge on any atom is 0.338 e. The summed E-state index contributed by atoms with van der Waals surface area (Å²) in [5.41, 5.74) is 2.99. The van der Waals surface area contributed by atoms with Crippen molar-refractivity contribution in [1.82, 2.24) is 4.90 Å². The number of carbonyl (C=O) groups is 3. The van der Waals surface area contributed by atoms with E-state index in [0.717, 1.165) is 16.0 Å². The van der Waals surface area contributed by atoms with Gasteiger partial charge in [-0.2, -0.15) is 0 Å². The Morgan fingerprint density at radius 1 is 1.11 bits per heavy atom. The van der Waals surface area contributed by atoms with Gasteiger partial charge in [0.15, 0.2) is 6.10 Å². The highest BCUT2D eigenvalue weighted by Gasteiger charge is 2.41. The molecule has 3 rings (SSSR count). The summed E-state index contributed by atoms with van der Waals surface area (Å²) in [6, 6.07) is 13.2. The number of hydrogen-bond acceptors (Lipinski definition) is 7. The fourth-order valence-corrected chi connectivity index (χ4v) is 5.00. The summed E-state index contributed by atoms with van der Waals surface area (Å²) in [6.07, 6.45) is -1.01. The molecule has 0 saturated heterocycles. The number of aryl methyl sites for hydroxylation is 1. The molecular formula is C27H34N2O5S. The van der Waals surface area contributed by atoms with Crippen molar-refractivity contribution >= 4 is 35.3 Å². The second-order valence-corrected chi connectivity index (χ2v) is 10.6. The third-order valence-corrected chi connectivity index (χ3v) is 6.91. The average molecular weight is 499 g/mol. The molecule has 1 amide bonds. The molecule has 8 heteroatoms. The number of carbonyl (C=O) groups excluding carboxylic acids is 3. The van der Waals surface area contributed by atoms with Crippen molar-refractivity contribution < 1.29 is 23.9 Å². The van der Waals surface area contributed by atoms with Gasteiger partial charge in [0.1, 0.15) is 0 Å². The minimum atomic E-state index is -1.01. The number of benzene rings is 2. The highest BCUT2D eigenvalue weighted by molar-refractivity contribution is 7.99. The molecule has 0 bridgehead atoms. The molecule has 2 atom stereocenters. The van der Waals surface area contributed by atoms with Crippen LogP contribution in [0.4, 0.5) is 5.69 Å². The monoisotopic (exact) mass is 498 g/mol. The number of ether oxygens (including phenoxy) is 2. The number of rotatable bonds is 8. The molecule has 1 aliphatic heterocycles. The molecule has 0 saturated carbocycles. The minimum absolute atomic E-state index is 0.216. The van der Waals surface area contributed by atoms with Crippen LogP contribution in [0.25, 0.3) is 0 Å². The van der Waals surface area contributed by atoms with E-state index in [1.165, 1.54) is 18.7 Å². The van der Waals surface area contributed by atoms with Crippen LogP contribution in [0, 0.1) is 12.8 Å². The molecule has 0 radical (unpaired) electrons. The lowest BCUT2D eigenvalue weighted by Gasteiger charge is -2.28. The third kappa shape index (κ3) is 6.86. The Labute approximate surface area is 211 Å². The molecule has 0 spiro atoms. The van der Waals surface area contributed by atoms with Crippen LogP contribution in [0.1, 0.15) is 47.5 Å². The second-order valence-electron chi connectivity index (χ2n) is 9.45. The number of esters is 2. The van der Waals surface area contributed by atoms with Crippen molar-refractivity contribution in [3.05, 3.63) is 59.2 Å². The van der Waals surface area contributed by atoms with Crippen LogP contribution in [0.15, 0.2) is 47.4 Å². The van der Waals surface area contributed by atoms with Gasteiger partial charge >= 0.3 is 11.9 Å². The topological polar surface area (TPSA) is 76.2 Å².